The molecule has 3 spiro atoms. The van der Waals surface area contributed by atoms with E-state index < -0.39 is 0 Å². The molecule has 0 saturated carbocycles. The zero-order valence-corrected chi connectivity index (χ0v) is 20.9. The van der Waals surface area contributed by atoms with Crippen LogP contribution in [0.4, 0.5) is 0 Å². The van der Waals surface area contributed by atoms with Crippen LogP contribution in [0.3, 0.4) is 0 Å². The Morgan fingerprint density at radius 3 is 1.79 bits per heavy atom. The van der Waals surface area contributed by atoms with Crippen LogP contribution < -0.4 is 0 Å². The third-order valence-corrected chi connectivity index (χ3v) is 9.20. The van der Waals surface area contributed by atoms with Gasteiger partial charge in [-0.25, -0.2) is 8.97 Å². The van der Waals surface area contributed by atoms with E-state index in [0.717, 1.165) is 6.04 Å². The molecule has 0 aromatic rings. The maximum absolute atomic E-state index is 3.11. The summed E-state index contributed by atoms with van der Waals surface area (Å²) in [5, 5.41) is 0. The second kappa shape index (κ2) is 6.92. The highest BCUT2D eigenvalue weighted by Gasteiger charge is 2.84. The summed E-state index contributed by atoms with van der Waals surface area (Å²) in [7, 11) is 0. The second-order valence-corrected chi connectivity index (χ2v) is 12.7. The predicted octanol–water partition coefficient (Wildman–Crippen LogP) is 4.60. The van der Waals surface area contributed by atoms with Gasteiger partial charge in [0.25, 0.3) is 0 Å². The van der Waals surface area contributed by atoms with Crippen LogP contribution in [0.5, 0.6) is 0 Å². The molecule has 0 N–H and O–H groups in total. The summed E-state index contributed by atoms with van der Waals surface area (Å²) < 4.78 is 2.73. The van der Waals surface area contributed by atoms with Crippen molar-refractivity contribution < 1.29 is 8.97 Å². The average Bonchev–Trinajstić information content (AvgIpc) is 3.37. The van der Waals surface area contributed by atoms with E-state index in [0.29, 0.717) is 6.04 Å². The third-order valence-electron chi connectivity index (χ3n) is 9.20. The average molecular weight is 407 g/mol. The van der Waals surface area contributed by atoms with Crippen molar-refractivity contribution in [2.75, 3.05) is 39.3 Å². The van der Waals surface area contributed by atoms with Gasteiger partial charge in [0.15, 0.2) is 0 Å². The standard InChI is InChI=1S/C25H50N4/c1-9-21-20-28(15-11-12-16-28)25(27(21)24(6,7)8)26(23(3,4)5)19-22(10-2)29(25)17-13-14-18-29/h21-22H,9-20H2,1-8H3/q+2. The Morgan fingerprint density at radius 1 is 0.793 bits per heavy atom. The highest BCUT2D eigenvalue weighted by Crippen LogP contribution is 2.60. The maximum atomic E-state index is 3.11. The van der Waals surface area contributed by atoms with Crippen molar-refractivity contribution in [2.24, 2.45) is 0 Å². The predicted molar refractivity (Wildman–Crippen MR) is 122 cm³/mol. The minimum atomic E-state index is 0.130. The van der Waals surface area contributed by atoms with Crippen LogP contribution in [-0.2, 0) is 0 Å². The molecule has 4 fully saturated rings. The molecule has 4 heterocycles. The van der Waals surface area contributed by atoms with E-state index in [1.807, 2.05) is 0 Å². The van der Waals surface area contributed by atoms with Gasteiger partial charge in [-0.15, -0.1) is 0 Å². The van der Waals surface area contributed by atoms with Gasteiger partial charge in [0.2, 0.25) is 0 Å². The summed E-state index contributed by atoms with van der Waals surface area (Å²) in [5.74, 6) is 0.130. The Morgan fingerprint density at radius 2 is 1.34 bits per heavy atom. The molecule has 4 saturated heterocycles. The van der Waals surface area contributed by atoms with Gasteiger partial charge in [-0.2, -0.15) is 9.80 Å². The Balaban J connectivity index is 2.05. The lowest BCUT2D eigenvalue weighted by Crippen LogP contribution is -2.86. The molecule has 3 atom stereocenters. The van der Waals surface area contributed by atoms with E-state index in [2.05, 4.69) is 65.2 Å². The Labute approximate surface area is 181 Å². The molecule has 0 aromatic heterocycles. The number of quaternary nitrogens is 2. The van der Waals surface area contributed by atoms with Crippen molar-refractivity contribution in [1.82, 2.24) is 9.80 Å². The number of hydrogen-bond acceptors (Lipinski definition) is 2. The fourth-order valence-corrected chi connectivity index (χ4v) is 8.58. The Kier molecular flexibility index (Phi) is 5.26. The lowest BCUT2D eigenvalue weighted by atomic mass is 9.99. The smallest absolute Gasteiger partial charge is 0.241 e. The highest BCUT2D eigenvalue weighted by molar-refractivity contribution is 5.03. The summed E-state index contributed by atoms with van der Waals surface area (Å²) in [6, 6.07) is 1.48. The largest absolute Gasteiger partial charge is 0.358 e. The van der Waals surface area contributed by atoms with E-state index in [1.165, 1.54) is 86.8 Å². The zero-order valence-electron chi connectivity index (χ0n) is 20.9. The van der Waals surface area contributed by atoms with Gasteiger partial charge < -0.3 is 0 Å². The monoisotopic (exact) mass is 406 g/mol. The molecule has 4 rings (SSSR count). The molecule has 0 radical (unpaired) electrons. The minimum Gasteiger partial charge on any atom is -0.241 e. The van der Waals surface area contributed by atoms with Crippen molar-refractivity contribution in [1.29, 1.82) is 0 Å². The molecular formula is C25H50N4+2. The van der Waals surface area contributed by atoms with Gasteiger partial charge >= 0.3 is 5.91 Å². The van der Waals surface area contributed by atoms with Crippen molar-refractivity contribution >= 4 is 0 Å². The van der Waals surface area contributed by atoms with Crippen molar-refractivity contribution in [3.8, 4) is 0 Å². The van der Waals surface area contributed by atoms with Gasteiger partial charge in [-0.1, -0.05) is 13.8 Å². The van der Waals surface area contributed by atoms with Crippen LogP contribution in [-0.4, -0.2) is 87.1 Å². The molecule has 0 aliphatic carbocycles. The number of fused-ring (bicyclic) bond motifs is 2. The molecule has 4 aliphatic heterocycles. The summed E-state index contributed by atoms with van der Waals surface area (Å²) >= 11 is 0. The van der Waals surface area contributed by atoms with Crippen molar-refractivity contribution in [2.45, 2.75) is 123 Å². The molecule has 0 amide bonds. The normalized spacial score (nSPS) is 37.7. The van der Waals surface area contributed by atoms with Gasteiger partial charge in [0.05, 0.1) is 38.8 Å². The first-order valence-electron chi connectivity index (χ1n) is 12.8. The van der Waals surface area contributed by atoms with E-state index in [-0.39, 0.29) is 17.0 Å². The first kappa shape index (κ1) is 22.0. The summed E-state index contributed by atoms with van der Waals surface area (Å²) in [4.78, 5) is 6.17. The van der Waals surface area contributed by atoms with E-state index in [9.17, 15) is 0 Å². The number of hydrogen-bond donors (Lipinski definition) is 0. The van der Waals surface area contributed by atoms with E-state index in [4.69, 9.17) is 0 Å². The van der Waals surface area contributed by atoms with Gasteiger partial charge in [0, 0.05) is 36.8 Å². The van der Waals surface area contributed by atoms with Crippen LogP contribution in [0.1, 0.15) is 93.9 Å². The van der Waals surface area contributed by atoms with Gasteiger partial charge in [-0.3, -0.25) is 0 Å². The van der Waals surface area contributed by atoms with Crippen molar-refractivity contribution in [3.05, 3.63) is 0 Å². The van der Waals surface area contributed by atoms with Crippen LogP contribution in [0.2, 0.25) is 0 Å². The fourth-order valence-electron chi connectivity index (χ4n) is 8.58. The van der Waals surface area contributed by atoms with Crippen LogP contribution in [0.15, 0.2) is 0 Å². The lowest BCUT2D eigenvalue weighted by Gasteiger charge is -2.61. The molecule has 4 aliphatic rings. The molecule has 4 heteroatoms. The Hall–Kier alpha value is -0.160. The number of rotatable bonds is 2. The Bertz CT molecular complexity index is 603. The topological polar surface area (TPSA) is 6.48 Å². The first-order chi connectivity index (χ1) is 13.5. The minimum absolute atomic E-state index is 0.130. The summed E-state index contributed by atoms with van der Waals surface area (Å²) in [6.45, 7) is 28.2. The SMILES string of the molecule is CCC1C[N+]2(CCCC2)C2(N(C(C)(C)C)CC(CC)[N+]23CCCC3)N1C(C)(C)C. The number of nitrogens with zero attached hydrogens (tertiary/aromatic N) is 4. The maximum Gasteiger partial charge on any atom is 0.358 e. The first-order valence-corrected chi connectivity index (χ1v) is 12.8. The van der Waals surface area contributed by atoms with Crippen LogP contribution in [0, 0.1) is 0 Å². The van der Waals surface area contributed by atoms with Gasteiger partial charge in [0.1, 0.15) is 12.6 Å². The fraction of sp³-hybridized carbons (Fsp3) is 1.00. The molecule has 0 aromatic carbocycles. The van der Waals surface area contributed by atoms with E-state index in [1.54, 1.807) is 0 Å². The van der Waals surface area contributed by atoms with Crippen LogP contribution >= 0.6 is 0 Å². The molecule has 29 heavy (non-hydrogen) atoms. The second-order valence-electron chi connectivity index (χ2n) is 12.7. The molecule has 4 nitrogen and oxygen atoms in total. The molecular weight excluding hydrogens is 356 g/mol. The molecule has 168 valence electrons. The van der Waals surface area contributed by atoms with Gasteiger partial charge in [-0.05, 0) is 54.4 Å². The third kappa shape index (κ3) is 2.71. The molecule has 3 unspecified atom stereocenters. The molecule has 0 bridgehead atoms. The highest BCUT2D eigenvalue weighted by atomic mass is 15.9. The van der Waals surface area contributed by atoms with Crippen molar-refractivity contribution in [3.63, 3.8) is 0 Å². The summed E-state index contributed by atoms with van der Waals surface area (Å²) in [6.07, 6.45) is 8.29. The van der Waals surface area contributed by atoms with E-state index >= 15 is 0 Å². The quantitative estimate of drug-likeness (QED) is 0.618. The van der Waals surface area contributed by atoms with Crippen LogP contribution in [0.25, 0.3) is 0 Å². The zero-order chi connectivity index (χ0) is 21.3. The summed E-state index contributed by atoms with van der Waals surface area (Å²) in [5.41, 5.74) is 0.378. The lowest BCUT2D eigenvalue weighted by molar-refractivity contribution is -1.17.